The Labute approximate surface area is 95.7 Å². The Morgan fingerprint density at radius 2 is 1.73 bits per heavy atom. The van der Waals surface area contributed by atoms with Gasteiger partial charge in [0.1, 0.15) is 5.82 Å². The van der Waals surface area contributed by atoms with Gasteiger partial charge < -0.3 is 0 Å². The summed E-state index contributed by atoms with van der Waals surface area (Å²) in [4.78, 5) is 7.54. The zero-order chi connectivity index (χ0) is 10.8. The Hall–Kier alpha value is -1.19. The Morgan fingerprint density at radius 1 is 1.07 bits per heavy atom. The molecule has 2 rings (SSSR count). The minimum absolute atomic E-state index is 0.0717. The fourth-order valence-corrected chi connectivity index (χ4v) is 1.45. The van der Waals surface area contributed by atoms with Gasteiger partial charge in [0.05, 0.1) is 5.02 Å². The Morgan fingerprint density at radius 3 is 2.40 bits per heavy atom. The minimum atomic E-state index is -0.481. The van der Waals surface area contributed by atoms with Crippen molar-refractivity contribution < 1.29 is 4.39 Å². The lowest BCUT2D eigenvalue weighted by atomic mass is 10.1. The average Bonchev–Trinajstić information content (AvgIpc) is 2.24. The molecule has 1 aromatic heterocycles. The highest BCUT2D eigenvalue weighted by molar-refractivity contribution is 6.31. The first-order valence-electron chi connectivity index (χ1n) is 4.10. The molecule has 1 aromatic carbocycles. The third kappa shape index (κ3) is 2.08. The summed E-state index contributed by atoms with van der Waals surface area (Å²) in [6.07, 6.45) is 2.90. The van der Waals surface area contributed by atoms with E-state index in [4.69, 9.17) is 23.2 Å². The van der Waals surface area contributed by atoms with Gasteiger partial charge in [-0.15, -0.1) is 0 Å². The molecule has 0 fully saturated rings. The molecule has 0 spiro atoms. The standard InChI is InChI=1S/C10H5Cl2FN2/c11-8-3-1-2-7(9(8)13)6-4-14-10(12)15-5-6/h1-5H. The lowest BCUT2D eigenvalue weighted by Crippen LogP contribution is -1.88. The summed E-state index contributed by atoms with van der Waals surface area (Å²) in [6, 6.07) is 4.75. The van der Waals surface area contributed by atoms with Crippen LogP contribution in [0.2, 0.25) is 10.3 Å². The van der Waals surface area contributed by atoms with Crippen LogP contribution in [-0.4, -0.2) is 9.97 Å². The normalized spacial score (nSPS) is 10.3. The number of benzene rings is 1. The largest absolute Gasteiger partial charge is 0.226 e. The van der Waals surface area contributed by atoms with Crippen molar-refractivity contribution in [3.8, 4) is 11.1 Å². The molecule has 5 heteroatoms. The van der Waals surface area contributed by atoms with Crippen molar-refractivity contribution in [2.24, 2.45) is 0 Å². The smallest absolute Gasteiger partial charge is 0.222 e. The van der Waals surface area contributed by atoms with Gasteiger partial charge in [-0.05, 0) is 17.7 Å². The van der Waals surface area contributed by atoms with E-state index in [-0.39, 0.29) is 10.3 Å². The van der Waals surface area contributed by atoms with Crippen molar-refractivity contribution in [3.05, 3.63) is 46.7 Å². The summed E-state index contributed by atoms with van der Waals surface area (Å²) < 4.78 is 13.6. The van der Waals surface area contributed by atoms with E-state index in [9.17, 15) is 4.39 Å². The predicted octanol–water partition coefficient (Wildman–Crippen LogP) is 3.59. The molecule has 76 valence electrons. The van der Waals surface area contributed by atoms with Gasteiger partial charge in [0.15, 0.2) is 0 Å². The second kappa shape index (κ2) is 4.13. The molecule has 15 heavy (non-hydrogen) atoms. The van der Waals surface area contributed by atoms with Crippen LogP contribution in [-0.2, 0) is 0 Å². The summed E-state index contributed by atoms with van der Waals surface area (Å²) in [6.45, 7) is 0. The van der Waals surface area contributed by atoms with E-state index in [2.05, 4.69) is 9.97 Å². The number of hydrogen-bond donors (Lipinski definition) is 0. The average molecular weight is 243 g/mol. The van der Waals surface area contributed by atoms with E-state index in [1.54, 1.807) is 12.1 Å². The molecule has 0 radical (unpaired) electrons. The molecular formula is C10H5Cl2FN2. The fourth-order valence-electron chi connectivity index (χ4n) is 1.18. The molecule has 0 bridgehead atoms. The van der Waals surface area contributed by atoms with Gasteiger partial charge >= 0.3 is 0 Å². The van der Waals surface area contributed by atoms with Crippen LogP contribution in [0.25, 0.3) is 11.1 Å². The summed E-state index contributed by atoms with van der Waals surface area (Å²) in [7, 11) is 0. The molecule has 0 saturated carbocycles. The van der Waals surface area contributed by atoms with Crippen molar-refractivity contribution in [1.29, 1.82) is 0 Å². The van der Waals surface area contributed by atoms with Crippen LogP contribution in [0.5, 0.6) is 0 Å². The zero-order valence-electron chi connectivity index (χ0n) is 7.42. The van der Waals surface area contributed by atoms with Crippen LogP contribution < -0.4 is 0 Å². The number of rotatable bonds is 1. The van der Waals surface area contributed by atoms with Crippen LogP contribution in [0.3, 0.4) is 0 Å². The molecule has 1 heterocycles. The van der Waals surface area contributed by atoms with Crippen molar-refractivity contribution in [2.75, 3.05) is 0 Å². The maximum Gasteiger partial charge on any atom is 0.222 e. The van der Waals surface area contributed by atoms with E-state index in [1.807, 2.05) is 0 Å². The summed E-state index contributed by atoms with van der Waals surface area (Å²) in [5.41, 5.74) is 0.901. The quantitative estimate of drug-likeness (QED) is 0.715. The highest BCUT2D eigenvalue weighted by atomic mass is 35.5. The molecule has 0 N–H and O–H groups in total. The van der Waals surface area contributed by atoms with Gasteiger partial charge in [-0.1, -0.05) is 23.7 Å². The Balaban J connectivity index is 2.54. The summed E-state index contributed by atoms with van der Waals surface area (Å²) in [5, 5.41) is 0.198. The third-order valence-electron chi connectivity index (χ3n) is 1.88. The molecule has 0 atom stereocenters. The van der Waals surface area contributed by atoms with E-state index in [1.165, 1.54) is 18.5 Å². The van der Waals surface area contributed by atoms with E-state index < -0.39 is 5.82 Å². The lowest BCUT2D eigenvalue weighted by molar-refractivity contribution is 0.631. The minimum Gasteiger partial charge on any atom is -0.226 e. The SMILES string of the molecule is Fc1c(Cl)cccc1-c1cnc(Cl)nc1. The first kappa shape index (κ1) is 10.3. The second-order valence-electron chi connectivity index (χ2n) is 2.84. The molecule has 0 amide bonds. The molecule has 2 aromatic rings. The molecular weight excluding hydrogens is 238 g/mol. The van der Waals surface area contributed by atoms with Crippen LogP contribution in [0.15, 0.2) is 30.6 Å². The molecule has 2 nitrogen and oxygen atoms in total. The predicted molar refractivity (Wildman–Crippen MR) is 57.4 cm³/mol. The monoisotopic (exact) mass is 242 g/mol. The number of halogens is 3. The van der Waals surface area contributed by atoms with E-state index in [0.29, 0.717) is 11.1 Å². The van der Waals surface area contributed by atoms with Gasteiger partial charge in [0.2, 0.25) is 5.28 Å². The maximum absolute atomic E-state index is 13.6. The molecule has 0 aliphatic rings. The van der Waals surface area contributed by atoms with Gasteiger partial charge in [-0.25, -0.2) is 14.4 Å². The number of hydrogen-bond acceptors (Lipinski definition) is 2. The van der Waals surface area contributed by atoms with Gasteiger partial charge in [0.25, 0.3) is 0 Å². The van der Waals surface area contributed by atoms with Crippen LogP contribution >= 0.6 is 23.2 Å². The van der Waals surface area contributed by atoms with Crippen molar-refractivity contribution in [1.82, 2.24) is 9.97 Å². The fraction of sp³-hybridized carbons (Fsp3) is 0. The van der Waals surface area contributed by atoms with Gasteiger partial charge in [-0.2, -0.15) is 0 Å². The van der Waals surface area contributed by atoms with Gasteiger partial charge in [0, 0.05) is 23.5 Å². The topological polar surface area (TPSA) is 25.8 Å². The second-order valence-corrected chi connectivity index (χ2v) is 3.59. The summed E-state index contributed by atoms with van der Waals surface area (Å²) in [5.74, 6) is -0.481. The first-order valence-corrected chi connectivity index (χ1v) is 4.86. The van der Waals surface area contributed by atoms with Crippen molar-refractivity contribution in [2.45, 2.75) is 0 Å². The highest BCUT2D eigenvalue weighted by Gasteiger charge is 2.08. The first-order chi connectivity index (χ1) is 7.18. The van der Waals surface area contributed by atoms with Gasteiger partial charge in [-0.3, -0.25) is 0 Å². The number of aromatic nitrogens is 2. The molecule has 0 unspecified atom stereocenters. The van der Waals surface area contributed by atoms with E-state index in [0.717, 1.165) is 0 Å². The summed E-state index contributed by atoms with van der Waals surface area (Å²) >= 11 is 11.2. The number of nitrogens with zero attached hydrogens (tertiary/aromatic N) is 2. The lowest BCUT2D eigenvalue weighted by Gasteiger charge is -2.03. The Bertz CT molecular complexity index is 485. The maximum atomic E-state index is 13.6. The van der Waals surface area contributed by atoms with E-state index >= 15 is 0 Å². The molecule has 0 saturated heterocycles. The third-order valence-corrected chi connectivity index (χ3v) is 2.37. The molecule has 0 aliphatic heterocycles. The van der Waals surface area contributed by atoms with Crippen LogP contribution in [0, 0.1) is 5.82 Å². The zero-order valence-corrected chi connectivity index (χ0v) is 8.93. The van der Waals surface area contributed by atoms with Crippen LogP contribution in [0.4, 0.5) is 4.39 Å². The van der Waals surface area contributed by atoms with Crippen LogP contribution in [0.1, 0.15) is 0 Å². The molecule has 0 aliphatic carbocycles. The van der Waals surface area contributed by atoms with Crippen molar-refractivity contribution in [3.63, 3.8) is 0 Å². The van der Waals surface area contributed by atoms with Crippen molar-refractivity contribution >= 4 is 23.2 Å². The highest BCUT2D eigenvalue weighted by Crippen LogP contribution is 2.26. The Kier molecular flexibility index (Phi) is 2.84.